The second-order valence-electron chi connectivity index (χ2n) is 4.45. The standard InChI is InChI=1S/C15H15N3O2S/c1-2-20-15(19)18-17-13-9-21-14-11-6-4-3-5-10(11)7-8-12(14)16-13/h3-8H,2,9H2,1H3,(H,16,17)(H,18,19). The number of aliphatic imine (C=N–C) groups is 1. The zero-order valence-electron chi connectivity index (χ0n) is 11.6. The van der Waals surface area contributed by atoms with Gasteiger partial charge in [-0.1, -0.05) is 30.3 Å². The summed E-state index contributed by atoms with van der Waals surface area (Å²) in [6.45, 7) is 2.10. The molecule has 108 valence electrons. The van der Waals surface area contributed by atoms with Crippen LogP contribution in [0.1, 0.15) is 6.92 Å². The molecule has 0 aromatic heterocycles. The van der Waals surface area contributed by atoms with Gasteiger partial charge in [0, 0.05) is 4.90 Å². The maximum atomic E-state index is 11.2. The third-order valence-corrected chi connectivity index (χ3v) is 4.19. The van der Waals surface area contributed by atoms with Crippen LogP contribution in [0, 0.1) is 0 Å². The summed E-state index contributed by atoms with van der Waals surface area (Å²) < 4.78 is 4.79. The minimum absolute atomic E-state index is 0.337. The SMILES string of the molecule is CCOC(=O)NNC1=Nc2ccc3ccccc3c2SC1. The van der Waals surface area contributed by atoms with Crippen molar-refractivity contribution in [3.05, 3.63) is 36.4 Å². The minimum Gasteiger partial charge on any atom is -0.449 e. The Hall–Kier alpha value is -2.21. The molecule has 2 aromatic carbocycles. The second-order valence-corrected chi connectivity index (χ2v) is 5.44. The van der Waals surface area contributed by atoms with Gasteiger partial charge < -0.3 is 4.74 Å². The van der Waals surface area contributed by atoms with Gasteiger partial charge in [0.25, 0.3) is 0 Å². The molecule has 5 nitrogen and oxygen atoms in total. The number of rotatable bonds is 1. The first-order valence-corrected chi connectivity index (χ1v) is 7.67. The second kappa shape index (κ2) is 6.05. The fourth-order valence-electron chi connectivity index (χ4n) is 2.14. The highest BCUT2D eigenvalue weighted by atomic mass is 32.2. The molecule has 1 amide bonds. The summed E-state index contributed by atoms with van der Waals surface area (Å²) in [7, 11) is 0. The molecule has 2 aromatic rings. The molecule has 1 aliphatic heterocycles. The predicted molar refractivity (Wildman–Crippen MR) is 85.1 cm³/mol. The molecule has 1 aliphatic rings. The molecule has 1 heterocycles. The van der Waals surface area contributed by atoms with E-state index >= 15 is 0 Å². The fourth-order valence-corrected chi connectivity index (χ4v) is 3.16. The van der Waals surface area contributed by atoms with Crippen LogP contribution in [0.5, 0.6) is 0 Å². The zero-order chi connectivity index (χ0) is 14.7. The Balaban J connectivity index is 1.81. The summed E-state index contributed by atoms with van der Waals surface area (Å²) >= 11 is 1.71. The molecular weight excluding hydrogens is 286 g/mol. The molecule has 0 aliphatic carbocycles. The Morgan fingerprint density at radius 3 is 3.05 bits per heavy atom. The average Bonchev–Trinajstić information content (AvgIpc) is 2.53. The normalized spacial score (nSPS) is 13.3. The van der Waals surface area contributed by atoms with Crippen LogP contribution >= 0.6 is 11.8 Å². The number of benzene rings is 2. The number of amides is 1. The molecule has 0 atom stereocenters. The third kappa shape index (κ3) is 2.95. The van der Waals surface area contributed by atoms with Crippen LogP contribution in [0.15, 0.2) is 46.3 Å². The maximum absolute atomic E-state index is 11.2. The highest BCUT2D eigenvalue weighted by Gasteiger charge is 2.15. The number of thioether (sulfide) groups is 1. The number of ether oxygens (including phenoxy) is 1. The first-order chi connectivity index (χ1) is 10.3. The lowest BCUT2D eigenvalue weighted by molar-refractivity contribution is 0.150. The van der Waals surface area contributed by atoms with Crippen LogP contribution in [0.3, 0.4) is 0 Å². The molecular formula is C15H15N3O2S. The number of carbonyl (C=O) groups is 1. The Kier molecular flexibility index (Phi) is 3.96. The number of fused-ring (bicyclic) bond motifs is 3. The average molecular weight is 301 g/mol. The number of nitrogens with one attached hydrogen (secondary N) is 2. The van der Waals surface area contributed by atoms with Gasteiger partial charge in [0.05, 0.1) is 18.0 Å². The van der Waals surface area contributed by atoms with Crippen LogP contribution in [0.4, 0.5) is 10.5 Å². The van der Waals surface area contributed by atoms with Crippen molar-refractivity contribution in [2.45, 2.75) is 11.8 Å². The molecule has 0 bridgehead atoms. The van der Waals surface area contributed by atoms with Gasteiger partial charge in [-0.2, -0.15) is 0 Å². The molecule has 0 saturated carbocycles. The lowest BCUT2D eigenvalue weighted by Gasteiger charge is -2.18. The number of hydrogen-bond acceptors (Lipinski definition) is 5. The fraction of sp³-hybridized carbons (Fsp3) is 0.200. The first kappa shape index (κ1) is 13.8. The van der Waals surface area contributed by atoms with E-state index in [2.05, 4.69) is 34.0 Å². The Bertz CT molecular complexity index is 715. The topological polar surface area (TPSA) is 62.7 Å². The highest BCUT2D eigenvalue weighted by molar-refractivity contribution is 8.00. The smallest absolute Gasteiger partial charge is 0.425 e. The van der Waals surface area contributed by atoms with Crippen molar-refractivity contribution in [1.82, 2.24) is 10.9 Å². The Morgan fingerprint density at radius 2 is 2.19 bits per heavy atom. The van der Waals surface area contributed by atoms with E-state index in [1.165, 1.54) is 15.7 Å². The van der Waals surface area contributed by atoms with Crippen molar-refractivity contribution in [3.8, 4) is 0 Å². The van der Waals surface area contributed by atoms with Crippen LogP contribution in [-0.2, 0) is 4.74 Å². The minimum atomic E-state index is -0.505. The van der Waals surface area contributed by atoms with Crippen LogP contribution in [-0.4, -0.2) is 24.3 Å². The van der Waals surface area contributed by atoms with E-state index in [1.54, 1.807) is 18.7 Å². The van der Waals surface area contributed by atoms with Crippen LogP contribution in [0.2, 0.25) is 0 Å². The molecule has 0 saturated heterocycles. The summed E-state index contributed by atoms with van der Waals surface area (Å²) in [5.74, 6) is 1.38. The number of amidine groups is 1. The summed E-state index contributed by atoms with van der Waals surface area (Å²) in [5.41, 5.74) is 6.18. The van der Waals surface area contributed by atoms with Crippen molar-refractivity contribution in [1.29, 1.82) is 0 Å². The lowest BCUT2D eigenvalue weighted by atomic mass is 10.1. The largest absolute Gasteiger partial charge is 0.449 e. The quantitative estimate of drug-likeness (QED) is 0.794. The van der Waals surface area contributed by atoms with Crippen LogP contribution < -0.4 is 10.9 Å². The van der Waals surface area contributed by atoms with Crippen molar-refractivity contribution in [2.24, 2.45) is 4.99 Å². The van der Waals surface area contributed by atoms with Gasteiger partial charge >= 0.3 is 6.09 Å². The monoisotopic (exact) mass is 301 g/mol. The molecule has 2 N–H and O–H groups in total. The van der Waals surface area contributed by atoms with Gasteiger partial charge in [-0.05, 0) is 23.8 Å². The van der Waals surface area contributed by atoms with Gasteiger partial charge in [0.2, 0.25) is 0 Å². The van der Waals surface area contributed by atoms with E-state index in [9.17, 15) is 4.79 Å². The number of hydrogen-bond donors (Lipinski definition) is 2. The van der Waals surface area contributed by atoms with E-state index in [0.717, 1.165) is 5.69 Å². The molecule has 0 radical (unpaired) electrons. The molecule has 0 unspecified atom stereocenters. The molecule has 21 heavy (non-hydrogen) atoms. The zero-order valence-corrected chi connectivity index (χ0v) is 12.4. The third-order valence-electron chi connectivity index (χ3n) is 3.05. The number of hydrazine groups is 1. The van der Waals surface area contributed by atoms with Crippen LogP contribution in [0.25, 0.3) is 10.8 Å². The summed E-state index contributed by atoms with van der Waals surface area (Å²) in [5, 5.41) is 2.42. The lowest BCUT2D eigenvalue weighted by Crippen LogP contribution is -2.43. The molecule has 6 heteroatoms. The predicted octanol–water partition coefficient (Wildman–Crippen LogP) is 3.23. The Labute approximate surface area is 126 Å². The highest BCUT2D eigenvalue weighted by Crippen LogP contribution is 2.39. The summed E-state index contributed by atoms with van der Waals surface area (Å²) in [6, 6.07) is 12.3. The van der Waals surface area contributed by atoms with Gasteiger partial charge in [-0.3, -0.25) is 5.43 Å². The van der Waals surface area contributed by atoms with Crippen molar-refractivity contribution >= 4 is 40.2 Å². The van der Waals surface area contributed by atoms with E-state index in [1.807, 2.05) is 18.2 Å². The van der Waals surface area contributed by atoms with Gasteiger partial charge in [-0.25, -0.2) is 15.2 Å². The van der Waals surface area contributed by atoms with Gasteiger partial charge in [-0.15, -0.1) is 11.8 Å². The van der Waals surface area contributed by atoms with E-state index in [-0.39, 0.29) is 0 Å². The van der Waals surface area contributed by atoms with E-state index in [0.29, 0.717) is 18.2 Å². The molecule has 0 fully saturated rings. The van der Waals surface area contributed by atoms with E-state index in [4.69, 9.17) is 4.74 Å². The van der Waals surface area contributed by atoms with Crippen molar-refractivity contribution in [2.75, 3.05) is 12.4 Å². The van der Waals surface area contributed by atoms with Gasteiger partial charge in [0.1, 0.15) is 5.84 Å². The summed E-state index contributed by atoms with van der Waals surface area (Å²) in [4.78, 5) is 17.0. The van der Waals surface area contributed by atoms with Gasteiger partial charge in [0.15, 0.2) is 0 Å². The Morgan fingerprint density at radius 1 is 1.33 bits per heavy atom. The van der Waals surface area contributed by atoms with E-state index < -0.39 is 6.09 Å². The molecule has 0 spiro atoms. The number of carbonyl (C=O) groups excluding carboxylic acids is 1. The summed E-state index contributed by atoms with van der Waals surface area (Å²) in [6.07, 6.45) is -0.505. The maximum Gasteiger partial charge on any atom is 0.425 e. The van der Waals surface area contributed by atoms with Crippen molar-refractivity contribution in [3.63, 3.8) is 0 Å². The number of nitrogens with zero attached hydrogens (tertiary/aromatic N) is 1. The first-order valence-electron chi connectivity index (χ1n) is 6.69. The van der Waals surface area contributed by atoms with Crippen molar-refractivity contribution < 1.29 is 9.53 Å². The molecule has 3 rings (SSSR count).